The van der Waals surface area contributed by atoms with Crippen LogP contribution in [0.25, 0.3) is 0 Å². The molecular weight excluding hydrogens is 546 g/mol. The fourth-order valence-electron chi connectivity index (χ4n) is 3.36. The van der Waals surface area contributed by atoms with Crippen LogP contribution in [0.15, 0.2) is 34.8 Å². The summed E-state index contributed by atoms with van der Waals surface area (Å²) < 4.78 is 16.1. The van der Waals surface area contributed by atoms with E-state index in [1.54, 1.807) is 25.1 Å². The number of halogens is 2. The molecule has 0 aliphatic carbocycles. The highest BCUT2D eigenvalue weighted by Gasteiger charge is 2.36. The summed E-state index contributed by atoms with van der Waals surface area (Å²) in [5.41, 5.74) is 3.97. The van der Waals surface area contributed by atoms with Gasteiger partial charge in [-0.15, -0.1) is 0 Å². The molecule has 0 spiro atoms. The molecule has 186 valence electrons. The Morgan fingerprint density at radius 1 is 1.14 bits per heavy atom. The minimum absolute atomic E-state index is 0.0836. The Kier molecular flexibility index (Phi) is 8.57. The van der Waals surface area contributed by atoms with Crippen LogP contribution >= 0.6 is 27.5 Å². The van der Waals surface area contributed by atoms with Gasteiger partial charge in [-0.2, -0.15) is 0 Å². The van der Waals surface area contributed by atoms with E-state index in [9.17, 15) is 19.2 Å². The predicted molar refractivity (Wildman–Crippen MR) is 130 cm³/mol. The molecule has 0 aromatic heterocycles. The lowest BCUT2D eigenvalue weighted by Gasteiger charge is -2.18. The van der Waals surface area contributed by atoms with Gasteiger partial charge in [-0.25, -0.2) is 0 Å². The molecule has 0 unspecified atom stereocenters. The lowest BCUT2D eigenvalue weighted by atomic mass is 10.1. The van der Waals surface area contributed by atoms with Gasteiger partial charge in [0, 0.05) is 22.1 Å². The molecule has 2 aromatic carbocycles. The first kappa shape index (κ1) is 26.3. The number of nitrogens with zero attached hydrogens (tertiary/aromatic N) is 1. The number of hydrogen-bond acceptors (Lipinski definition) is 7. The third-order valence-electron chi connectivity index (χ3n) is 5.23. The zero-order chi connectivity index (χ0) is 25.7. The Bertz CT molecular complexity index is 1170. The number of esters is 1. The van der Waals surface area contributed by atoms with Gasteiger partial charge in [-0.05, 0) is 58.7 Å². The Labute approximate surface area is 214 Å². The first-order valence-corrected chi connectivity index (χ1v) is 11.6. The van der Waals surface area contributed by atoms with Crippen molar-refractivity contribution in [2.45, 2.75) is 13.3 Å². The number of carbonyl (C=O) groups excluding carboxylic acids is 4. The number of amides is 3. The van der Waals surface area contributed by atoms with E-state index in [-0.39, 0.29) is 18.5 Å². The topological polar surface area (TPSA) is 123 Å². The average molecular weight is 569 g/mol. The maximum Gasteiger partial charge on any atom is 0.311 e. The number of carbonyl (C=O) groups is 4. The quantitative estimate of drug-likeness (QED) is 0.469. The second-order valence-electron chi connectivity index (χ2n) is 7.65. The van der Waals surface area contributed by atoms with Crippen LogP contribution in [0.1, 0.15) is 22.3 Å². The van der Waals surface area contributed by atoms with Crippen molar-refractivity contribution < 1.29 is 33.4 Å². The molecule has 0 bridgehead atoms. The molecule has 1 aliphatic rings. The number of hydrogen-bond donors (Lipinski definition) is 2. The van der Waals surface area contributed by atoms with E-state index < -0.39 is 36.2 Å². The maximum atomic E-state index is 12.6. The zero-order valence-corrected chi connectivity index (χ0v) is 21.5. The maximum absolute atomic E-state index is 12.6. The van der Waals surface area contributed by atoms with E-state index in [1.165, 1.54) is 26.4 Å². The van der Waals surface area contributed by atoms with Crippen molar-refractivity contribution in [2.75, 3.05) is 32.7 Å². The number of benzene rings is 2. The van der Waals surface area contributed by atoms with Crippen LogP contribution in [0, 0.1) is 12.8 Å². The highest BCUT2D eigenvalue weighted by molar-refractivity contribution is 9.10. The monoisotopic (exact) mass is 567 g/mol. The van der Waals surface area contributed by atoms with Crippen LogP contribution in [0.3, 0.4) is 0 Å². The molecule has 0 saturated carbocycles. The fourth-order valence-corrected chi connectivity index (χ4v) is 3.98. The summed E-state index contributed by atoms with van der Waals surface area (Å²) in [6.45, 7) is 1.17. The summed E-state index contributed by atoms with van der Waals surface area (Å²) >= 11 is 9.35. The second-order valence-corrected chi connectivity index (χ2v) is 8.91. The third kappa shape index (κ3) is 6.43. The molecule has 12 heteroatoms. The summed E-state index contributed by atoms with van der Waals surface area (Å²) in [5, 5.41) is 4.10. The highest BCUT2D eigenvalue weighted by atomic mass is 79.9. The molecule has 1 aliphatic heterocycles. The first-order valence-electron chi connectivity index (χ1n) is 10.4. The molecule has 2 aromatic rings. The van der Waals surface area contributed by atoms with E-state index in [0.29, 0.717) is 26.7 Å². The van der Waals surface area contributed by atoms with Crippen molar-refractivity contribution in [1.82, 2.24) is 10.4 Å². The third-order valence-corrected chi connectivity index (χ3v) is 6.42. The summed E-state index contributed by atoms with van der Waals surface area (Å²) in [7, 11) is 2.91. The van der Waals surface area contributed by atoms with E-state index in [2.05, 4.69) is 26.7 Å². The van der Waals surface area contributed by atoms with Crippen molar-refractivity contribution in [1.29, 1.82) is 0 Å². The van der Waals surface area contributed by atoms with Crippen LogP contribution in [0.5, 0.6) is 11.5 Å². The number of ether oxygens (including phenoxy) is 3. The molecule has 2 N–H and O–H groups in total. The molecule has 3 amide bonds. The van der Waals surface area contributed by atoms with Crippen LogP contribution in [-0.4, -0.2) is 56.1 Å². The summed E-state index contributed by atoms with van der Waals surface area (Å²) in [4.78, 5) is 49.5. The minimum Gasteiger partial charge on any atom is -0.493 e. The Morgan fingerprint density at radius 2 is 1.86 bits per heavy atom. The van der Waals surface area contributed by atoms with Crippen LogP contribution in [-0.2, 0) is 19.1 Å². The average Bonchev–Trinajstić information content (AvgIpc) is 3.20. The van der Waals surface area contributed by atoms with Crippen LogP contribution < -0.4 is 20.2 Å². The Morgan fingerprint density at radius 3 is 2.54 bits per heavy atom. The van der Waals surface area contributed by atoms with Gasteiger partial charge >= 0.3 is 5.97 Å². The van der Waals surface area contributed by atoms with Gasteiger partial charge in [-0.1, -0.05) is 11.6 Å². The smallest absolute Gasteiger partial charge is 0.311 e. The normalized spacial score (nSPS) is 14.9. The van der Waals surface area contributed by atoms with Crippen LogP contribution in [0.2, 0.25) is 5.02 Å². The number of hydrazine groups is 1. The van der Waals surface area contributed by atoms with Crippen molar-refractivity contribution in [3.05, 3.63) is 51.0 Å². The molecule has 0 radical (unpaired) electrons. The number of nitrogens with one attached hydrogen (secondary N) is 2. The molecule has 1 fully saturated rings. The van der Waals surface area contributed by atoms with Crippen molar-refractivity contribution in [3.8, 4) is 11.5 Å². The van der Waals surface area contributed by atoms with E-state index in [1.807, 2.05) is 0 Å². The first-order chi connectivity index (χ1) is 16.6. The van der Waals surface area contributed by atoms with Crippen molar-refractivity contribution in [3.63, 3.8) is 0 Å². The second kappa shape index (κ2) is 11.4. The molecule has 1 atom stereocenters. The summed E-state index contributed by atoms with van der Waals surface area (Å²) in [5.74, 6) is -2.31. The molecule has 35 heavy (non-hydrogen) atoms. The number of rotatable bonds is 8. The predicted octanol–water partition coefficient (Wildman–Crippen LogP) is 3.10. The zero-order valence-electron chi connectivity index (χ0n) is 19.1. The van der Waals surface area contributed by atoms with Gasteiger partial charge in [-0.3, -0.25) is 29.6 Å². The number of aryl methyl sites for hydroxylation is 1. The number of methoxy groups -OCH3 is 2. The van der Waals surface area contributed by atoms with Crippen molar-refractivity contribution in [2.24, 2.45) is 5.92 Å². The van der Waals surface area contributed by atoms with Gasteiger partial charge in [0.05, 0.1) is 31.7 Å². The Hall–Kier alpha value is -3.31. The lowest BCUT2D eigenvalue weighted by molar-refractivity contribution is -0.151. The highest BCUT2D eigenvalue weighted by Crippen LogP contribution is 2.29. The molecular formula is C23H23BrClN3O7. The summed E-state index contributed by atoms with van der Waals surface area (Å²) in [6, 6.07) is 7.88. The van der Waals surface area contributed by atoms with Gasteiger partial charge in [0.1, 0.15) is 0 Å². The molecule has 1 saturated heterocycles. The van der Waals surface area contributed by atoms with Gasteiger partial charge in [0.2, 0.25) is 5.91 Å². The van der Waals surface area contributed by atoms with Gasteiger partial charge < -0.3 is 19.5 Å². The van der Waals surface area contributed by atoms with Crippen molar-refractivity contribution >= 4 is 56.9 Å². The largest absolute Gasteiger partial charge is 0.493 e. The minimum atomic E-state index is -0.829. The standard InChI is InChI=1S/C23H23BrClN3O7/c1-12-6-15(24)16(25)9-17(12)26-20(29)11-35-23(32)14-8-21(30)28(10-14)27-22(31)13-4-5-18(33-2)19(7-13)34-3/h4-7,9,14H,8,10-11H2,1-3H3,(H,26,29)(H,27,31)/t14-/m1/s1. The lowest BCUT2D eigenvalue weighted by Crippen LogP contribution is -2.43. The fraction of sp³-hybridized carbons (Fsp3) is 0.304. The number of anilines is 1. The molecule has 1 heterocycles. The van der Waals surface area contributed by atoms with E-state index in [4.69, 9.17) is 25.8 Å². The van der Waals surface area contributed by atoms with E-state index in [0.717, 1.165) is 10.6 Å². The Balaban J connectivity index is 1.53. The SMILES string of the molecule is COc1ccc(C(=O)NN2C[C@H](C(=O)OCC(=O)Nc3cc(Cl)c(Br)cc3C)CC2=O)cc1OC. The molecule has 10 nitrogen and oxygen atoms in total. The molecule has 3 rings (SSSR count). The van der Waals surface area contributed by atoms with Gasteiger partial charge in [0.15, 0.2) is 18.1 Å². The van der Waals surface area contributed by atoms with Crippen LogP contribution in [0.4, 0.5) is 5.69 Å². The summed E-state index contributed by atoms with van der Waals surface area (Å²) in [6.07, 6.45) is -0.159. The van der Waals surface area contributed by atoms with Gasteiger partial charge in [0.25, 0.3) is 11.8 Å². The van der Waals surface area contributed by atoms with E-state index >= 15 is 0 Å².